The lowest BCUT2D eigenvalue weighted by Gasteiger charge is -2.22. The fraction of sp³-hybridized carbons (Fsp3) is 0.250. The molecule has 1 heterocycles. The number of anilines is 1. The molecule has 2 aromatic carbocycles. The van der Waals surface area contributed by atoms with Crippen LogP contribution in [0.2, 0.25) is 0 Å². The Morgan fingerprint density at radius 2 is 1.93 bits per heavy atom. The maximum Gasteiger partial charge on any atom is 0.417 e. The molecule has 1 aliphatic rings. The first kappa shape index (κ1) is 18.6. The second-order valence-corrected chi connectivity index (χ2v) is 6.26. The van der Waals surface area contributed by atoms with Crippen LogP contribution < -0.4 is 5.32 Å². The first-order valence-corrected chi connectivity index (χ1v) is 8.56. The number of likely N-dealkylation sites (tertiary alicyclic amines) is 1. The summed E-state index contributed by atoms with van der Waals surface area (Å²) < 4.78 is 18.8. The molecule has 0 radical (unpaired) electrons. The van der Waals surface area contributed by atoms with Crippen molar-refractivity contribution in [1.29, 1.82) is 0 Å². The molecule has 0 spiro atoms. The molecule has 0 aromatic heterocycles. The summed E-state index contributed by atoms with van der Waals surface area (Å²) in [6.45, 7) is 1.54. The zero-order valence-corrected chi connectivity index (χ0v) is 14.8. The number of nitrogens with zero attached hydrogens (tertiary/aromatic N) is 1. The molecule has 1 aliphatic heterocycles. The zero-order valence-electron chi connectivity index (χ0n) is 14.8. The van der Waals surface area contributed by atoms with Gasteiger partial charge in [-0.3, -0.25) is 9.59 Å². The predicted molar refractivity (Wildman–Crippen MR) is 96.3 cm³/mol. The van der Waals surface area contributed by atoms with Crippen molar-refractivity contribution < 1.29 is 23.5 Å². The van der Waals surface area contributed by atoms with Crippen LogP contribution in [0.4, 0.5) is 14.9 Å². The van der Waals surface area contributed by atoms with Crippen molar-refractivity contribution in [2.75, 3.05) is 5.32 Å². The molecule has 0 aliphatic carbocycles. The van der Waals surface area contributed by atoms with E-state index in [0.29, 0.717) is 5.69 Å². The van der Waals surface area contributed by atoms with Crippen LogP contribution in [0, 0.1) is 12.7 Å². The molecule has 1 atom stereocenters. The number of rotatable bonds is 4. The maximum absolute atomic E-state index is 13.6. The van der Waals surface area contributed by atoms with Gasteiger partial charge in [0, 0.05) is 17.7 Å². The predicted octanol–water partition coefficient (Wildman–Crippen LogP) is 3.40. The Morgan fingerprint density at radius 1 is 1.19 bits per heavy atom. The van der Waals surface area contributed by atoms with Gasteiger partial charge < -0.3 is 10.1 Å². The van der Waals surface area contributed by atoms with Gasteiger partial charge in [-0.05, 0) is 31.0 Å². The summed E-state index contributed by atoms with van der Waals surface area (Å²) in [6, 6.07) is 12.4. The molecule has 1 fully saturated rings. The standard InChI is InChI=1S/C20H19FN2O4/c1-13-15(21)8-5-9-16(13)22-19(25)17-10-11-18(24)23(17)20(26)27-12-14-6-3-2-4-7-14/h2-9,17H,10-12H2,1H3,(H,22,25)/t17-/m1/s1. The third kappa shape index (κ3) is 4.13. The van der Waals surface area contributed by atoms with E-state index >= 15 is 0 Å². The van der Waals surface area contributed by atoms with Gasteiger partial charge in [-0.15, -0.1) is 0 Å². The summed E-state index contributed by atoms with van der Waals surface area (Å²) in [4.78, 5) is 37.9. The number of imide groups is 1. The highest BCUT2D eigenvalue weighted by Crippen LogP contribution is 2.24. The van der Waals surface area contributed by atoms with Gasteiger partial charge in [0.2, 0.25) is 11.8 Å². The summed E-state index contributed by atoms with van der Waals surface area (Å²) in [5.41, 5.74) is 1.36. The van der Waals surface area contributed by atoms with Crippen LogP contribution >= 0.6 is 0 Å². The molecule has 27 heavy (non-hydrogen) atoms. The number of carbonyl (C=O) groups is 3. The van der Waals surface area contributed by atoms with Gasteiger partial charge in [-0.1, -0.05) is 36.4 Å². The molecule has 0 unspecified atom stereocenters. The van der Waals surface area contributed by atoms with Gasteiger partial charge in [-0.2, -0.15) is 0 Å². The number of benzene rings is 2. The highest BCUT2D eigenvalue weighted by Gasteiger charge is 2.41. The minimum absolute atomic E-state index is 0.000791. The molecule has 6 nitrogen and oxygen atoms in total. The van der Waals surface area contributed by atoms with Crippen LogP contribution in [0.5, 0.6) is 0 Å². The Hall–Kier alpha value is -3.22. The molecule has 140 valence electrons. The number of hydrogen-bond acceptors (Lipinski definition) is 4. The van der Waals surface area contributed by atoms with Crippen LogP contribution in [0.1, 0.15) is 24.0 Å². The topological polar surface area (TPSA) is 75.7 Å². The second-order valence-electron chi connectivity index (χ2n) is 6.26. The maximum atomic E-state index is 13.6. The molecule has 0 bridgehead atoms. The summed E-state index contributed by atoms with van der Waals surface area (Å²) in [5.74, 6) is -1.47. The van der Waals surface area contributed by atoms with E-state index in [4.69, 9.17) is 4.74 Å². The quantitative estimate of drug-likeness (QED) is 0.895. The fourth-order valence-corrected chi connectivity index (χ4v) is 2.91. The van der Waals surface area contributed by atoms with Crippen molar-refractivity contribution in [3.63, 3.8) is 0 Å². The second kappa shape index (κ2) is 7.99. The van der Waals surface area contributed by atoms with Crippen LogP contribution in [0.25, 0.3) is 0 Å². The summed E-state index contributed by atoms with van der Waals surface area (Å²) in [5, 5.41) is 2.59. The van der Waals surface area contributed by atoms with Crippen molar-refractivity contribution >= 4 is 23.6 Å². The summed E-state index contributed by atoms with van der Waals surface area (Å²) >= 11 is 0. The van der Waals surface area contributed by atoms with Gasteiger partial charge >= 0.3 is 6.09 Å². The molecule has 1 saturated heterocycles. The van der Waals surface area contributed by atoms with Gasteiger partial charge in [0.25, 0.3) is 0 Å². The number of halogens is 1. The molecular formula is C20H19FN2O4. The van der Waals surface area contributed by atoms with Gasteiger partial charge in [0.1, 0.15) is 18.5 Å². The van der Waals surface area contributed by atoms with Gasteiger partial charge in [0.05, 0.1) is 0 Å². The highest BCUT2D eigenvalue weighted by atomic mass is 19.1. The molecule has 1 N–H and O–H groups in total. The Kier molecular flexibility index (Phi) is 5.49. The first-order chi connectivity index (χ1) is 13.0. The summed E-state index contributed by atoms with van der Waals surface area (Å²) in [7, 11) is 0. The number of hydrogen-bond donors (Lipinski definition) is 1. The van der Waals surface area contributed by atoms with Crippen LogP contribution in [0.15, 0.2) is 48.5 Å². The lowest BCUT2D eigenvalue weighted by atomic mass is 10.1. The van der Waals surface area contributed by atoms with E-state index in [9.17, 15) is 18.8 Å². The van der Waals surface area contributed by atoms with E-state index in [2.05, 4.69) is 5.32 Å². The van der Waals surface area contributed by atoms with E-state index in [1.54, 1.807) is 18.2 Å². The summed E-state index contributed by atoms with van der Waals surface area (Å²) in [6.07, 6.45) is -0.599. The fourth-order valence-electron chi connectivity index (χ4n) is 2.91. The van der Waals surface area contributed by atoms with Gasteiger partial charge in [-0.25, -0.2) is 14.1 Å². The SMILES string of the molecule is Cc1c(F)cccc1NC(=O)[C@H]1CCC(=O)N1C(=O)OCc1ccccc1. The van der Waals surface area contributed by atoms with E-state index in [1.165, 1.54) is 19.1 Å². The number of amides is 3. The molecule has 7 heteroatoms. The molecule has 3 amide bonds. The van der Waals surface area contributed by atoms with E-state index in [1.807, 2.05) is 18.2 Å². The lowest BCUT2D eigenvalue weighted by molar-refractivity contribution is -0.131. The van der Waals surface area contributed by atoms with Crippen molar-refractivity contribution in [2.24, 2.45) is 0 Å². The average molecular weight is 370 g/mol. The first-order valence-electron chi connectivity index (χ1n) is 8.56. The normalized spacial score (nSPS) is 16.3. The van der Waals surface area contributed by atoms with E-state index in [-0.39, 0.29) is 25.0 Å². The minimum Gasteiger partial charge on any atom is -0.444 e. The van der Waals surface area contributed by atoms with Gasteiger partial charge in [0.15, 0.2) is 0 Å². The number of ether oxygens (including phenoxy) is 1. The average Bonchev–Trinajstić information content (AvgIpc) is 3.06. The Bertz CT molecular complexity index is 870. The Morgan fingerprint density at radius 3 is 2.67 bits per heavy atom. The molecular weight excluding hydrogens is 351 g/mol. The Balaban J connectivity index is 1.68. The lowest BCUT2D eigenvalue weighted by Crippen LogP contribution is -2.45. The third-order valence-electron chi connectivity index (χ3n) is 4.44. The van der Waals surface area contributed by atoms with Crippen molar-refractivity contribution in [3.05, 3.63) is 65.5 Å². The van der Waals surface area contributed by atoms with Crippen molar-refractivity contribution in [2.45, 2.75) is 32.4 Å². The van der Waals surface area contributed by atoms with Crippen LogP contribution in [0.3, 0.4) is 0 Å². The monoisotopic (exact) mass is 370 g/mol. The van der Waals surface area contributed by atoms with E-state index in [0.717, 1.165) is 10.5 Å². The number of nitrogens with one attached hydrogen (secondary N) is 1. The number of carbonyl (C=O) groups excluding carboxylic acids is 3. The zero-order chi connectivity index (χ0) is 19.4. The van der Waals surface area contributed by atoms with Crippen molar-refractivity contribution in [1.82, 2.24) is 4.90 Å². The van der Waals surface area contributed by atoms with E-state index < -0.39 is 29.8 Å². The molecule has 2 aromatic rings. The Labute approximate surface area is 155 Å². The largest absolute Gasteiger partial charge is 0.444 e. The van der Waals surface area contributed by atoms with Crippen LogP contribution in [-0.4, -0.2) is 28.8 Å². The minimum atomic E-state index is -0.983. The van der Waals surface area contributed by atoms with Crippen LogP contribution in [-0.2, 0) is 20.9 Å². The molecule has 3 rings (SSSR count). The van der Waals surface area contributed by atoms with Crippen molar-refractivity contribution in [3.8, 4) is 0 Å². The third-order valence-corrected chi connectivity index (χ3v) is 4.44. The molecule has 0 saturated carbocycles. The smallest absolute Gasteiger partial charge is 0.417 e. The highest BCUT2D eigenvalue weighted by molar-refractivity contribution is 6.04.